The second-order valence-corrected chi connectivity index (χ2v) is 9.19. The van der Waals surface area contributed by atoms with E-state index >= 15 is 0 Å². The molecule has 0 bridgehead atoms. The molecule has 0 saturated heterocycles. The van der Waals surface area contributed by atoms with Gasteiger partial charge in [0.05, 0.1) is 11.9 Å². The molecule has 2 N–H and O–H groups in total. The van der Waals surface area contributed by atoms with Crippen LogP contribution < -0.4 is 10.0 Å². The maximum absolute atomic E-state index is 12.4. The van der Waals surface area contributed by atoms with Gasteiger partial charge in [-0.2, -0.15) is 0 Å². The number of aromatic nitrogens is 1. The summed E-state index contributed by atoms with van der Waals surface area (Å²) in [5, 5.41) is 3.28. The van der Waals surface area contributed by atoms with E-state index in [1.165, 1.54) is 22.5 Å². The second kappa shape index (κ2) is 7.47. The minimum atomic E-state index is -3.60. The molecule has 3 rings (SSSR count). The Morgan fingerprint density at radius 2 is 1.73 bits per heavy atom. The lowest BCUT2D eigenvalue weighted by molar-refractivity contribution is 0.603. The Kier molecular flexibility index (Phi) is 5.29. The number of pyridine rings is 1. The molecule has 0 spiro atoms. The fourth-order valence-corrected chi connectivity index (χ4v) is 4.93. The molecule has 1 aromatic carbocycles. The van der Waals surface area contributed by atoms with Crippen LogP contribution in [0, 0.1) is 13.8 Å². The molecule has 2 heterocycles. The minimum absolute atomic E-state index is 0.294. The molecule has 0 aliphatic heterocycles. The molecule has 0 fully saturated rings. The summed E-state index contributed by atoms with van der Waals surface area (Å²) in [6, 6.07) is 13.1. The van der Waals surface area contributed by atoms with E-state index in [-0.39, 0.29) is 0 Å². The number of aryl methyl sites for hydroxylation is 3. The molecule has 0 radical (unpaired) electrons. The van der Waals surface area contributed by atoms with Crippen LogP contribution in [0.4, 0.5) is 17.2 Å². The van der Waals surface area contributed by atoms with E-state index in [1.807, 2.05) is 39.0 Å². The first kappa shape index (κ1) is 18.4. The highest BCUT2D eigenvalue weighted by molar-refractivity contribution is 7.94. The van der Waals surface area contributed by atoms with Gasteiger partial charge < -0.3 is 5.32 Å². The van der Waals surface area contributed by atoms with E-state index in [0.29, 0.717) is 10.0 Å². The third-order valence-electron chi connectivity index (χ3n) is 3.76. The Morgan fingerprint density at radius 1 is 1.00 bits per heavy atom. The van der Waals surface area contributed by atoms with Crippen molar-refractivity contribution in [3.8, 4) is 0 Å². The molecule has 2 aromatic heterocycles. The Morgan fingerprint density at radius 3 is 2.31 bits per heavy atom. The highest BCUT2D eigenvalue weighted by Crippen LogP contribution is 2.25. The number of hydrogen-bond donors (Lipinski definition) is 2. The number of nitrogens with zero attached hydrogens (tertiary/aromatic N) is 1. The van der Waals surface area contributed by atoms with Crippen LogP contribution in [0.2, 0.25) is 0 Å². The summed E-state index contributed by atoms with van der Waals surface area (Å²) in [5.74, 6) is 0.294. The maximum atomic E-state index is 12.4. The van der Waals surface area contributed by atoms with Crippen LogP contribution >= 0.6 is 11.3 Å². The monoisotopic (exact) mass is 387 g/mol. The van der Waals surface area contributed by atoms with E-state index in [4.69, 9.17) is 0 Å². The van der Waals surface area contributed by atoms with Crippen LogP contribution in [0.25, 0.3) is 0 Å². The largest absolute Gasteiger partial charge is 0.354 e. The molecular weight excluding hydrogens is 366 g/mol. The quantitative estimate of drug-likeness (QED) is 0.633. The Labute approximate surface area is 158 Å². The molecule has 136 valence electrons. The van der Waals surface area contributed by atoms with Crippen LogP contribution in [-0.2, 0) is 16.4 Å². The van der Waals surface area contributed by atoms with Gasteiger partial charge in [-0.05, 0) is 67.8 Å². The average Bonchev–Trinajstić information content (AvgIpc) is 3.06. The van der Waals surface area contributed by atoms with E-state index in [0.717, 1.165) is 22.7 Å². The molecule has 0 aliphatic rings. The maximum Gasteiger partial charge on any atom is 0.272 e. The van der Waals surface area contributed by atoms with Gasteiger partial charge in [-0.15, -0.1) is 11.3 Å². The van der Waals surface area contributed by atoms with E-state index in [9.17, 15) is 8.42 Å². The van der Waals surface area contributed by atoms with Crippen molar-refractivity contribution in [3.63, 3.8) is 0 Å². The normalized spacial score (nSPS) is 11.3. The number of thiophene rings is 1. The standard InChI is InChI=1S/C19H21N3O2S2/c1-4-17-6-8-19(25-17)26(23,24)22-18-7-5-15(12-20-18)21-16-10-13(2)9-14(3)11-16/h5-12,21H,4H2,1-3H3,(H,20,22). The summed E-state index contributed by atoms with van der Waals surface area (Å²) in [5.41, 5.74) is 4.12. The van der Waals surface area contributed by atoms with Crippen LogP contribution in [-0.4, -0.2) is 13.4 Å². The summed E-state index contributed by atoms with van der Waals surface area (Å²) in [7, 11) is -3.60. The fraction of sp³-hybridized carbons (Fsp3) is 0.211. The van der Waals surface area contributed by atoms with Crippen molar-refractivity contribution in [2.24, 2.45) is 0 Å². The molecule has 0 aliphatic carbocycles. The molecule has 0 amide bonds. The molecular formula is C19H21N3O2S2. The Hall–Kier alpha value is -2.38. The molecule has 0 saturated carbocycles. The van der Waals surface area contributed by atoms with Gasteiger partial charge in [0.25, 0.3) is 10.0 Å². The predicted octanol–water partition coefficient (Wildman–Crippen LogP) is 4.87. The van der Waals surface area contributed by atoms with E-state index in [1.54, 1.807) is 24.4 Å². The lowest BCUT2D eigenvalue weighted by Gasteiger charge is -2.10. The zero-order chi connectivity index (χ0) is 18.7. The van der Waals surface area contributed by atoms with E-state index < -0.39 is 10.0 Å². The van der Waals surface area contributed by atoms with Gasteiger partial charge in [0, 0.05) is 10.6 Å². The number of rotatable bonds is 6. The van der Waals surface area contributed by atoms with Gasteiger partial charge in [-0.1, -0.05) is 13.0 Å². The lowest BCUT2D eigenvalue weighted by atomic mass is 10.1. The van der Waals surface area contributed by atoms with Crippen molar-refractivity contribution >= 4 is 38.6 Å². The zero-order valence-corrected chi connectivity index (χ0v) is 16.5. The SMILES string of the molecule is CCc1ccc(S(=O)(=O)Nc2ccc(Nc3cc(C)cc(C)c3)cn2)s1. The third-order valence-corrected chi connectivity index (χ3v) is 6.84. The van der Waals surface area contributed by atoms with Crippen molar-refractivity contribution in [2.45, 2.75) is 31.4 Å². The first-order valence-corrected chi connectivity index (χ1v) is 10.6. The van der Waals surface area contributed by atoms with Crippen molar-refractivity contribution in [3.05, 3.63) is 64.7 Å². The fourth-order valence-electron chi connectivity index (χ4n) is 2.62. The number of sulfonamides is 1. The van der Waals surface area contributed by atoms with Crippen molar-refractivity contribution < 1.29 is 8.42 Å². The molecule has 3 aromatic rings. The molecule has 0 atom stereocenters. The van der Waals surface area contributed by atoms with Gasteiger partial charge in [0.1, 0.15) is 10.0 Å². The molecule has 26 heavy (non-hydrogen) atoms. The smallest absolute Gasteiger partial charge is 0.272 e. The Balaban J connectivity index is 1.73. The molecule has 7 heteroatoms. The van der Waals surface area contributed by atoms with Crippen LogP contribution in [0.15, 0.2) is 52.9 Å². The average molecular weight is 388 g/mol. The summed E-state index contributed by atoms with van der Waals surface area (Å²) >= 11 is 1.28. The topological polar surface area (TPSA) is 71.1 Å². The predicted molar refractivity (Wildman–Crippen MR) is 108 cm³/mol. The summed E-state index contributed by atoms with van der Waals surface area (Å²) in [4.78, 5) is 5.24. The minimum Gasteiger partial charge on any atom is -0.354 e. The van der Waals surface area contributed by atoms with Crippen molar-refractivity contribution in [2.75, 3.05) is 10.0 Å². The van der Waals surface area contributed by atoms with Crippen molar-refractivity contribution in [1.82, 2.24) is 4.98 Å². The second-order valence-electron chi connectivity index (χ2n) is 6.11. The van der Waals surface area contributed by atoms with E-state index in [2.05, 4.69) is 21.1 Å². The van der Waals surface area contributed by atoms with Gasteiger partial charge in [0.15, 0.2) is 0 Å². The highest BCUT2D eigenvalue weighted by Gasteiger charge is 2.17. The van der Waals surface area contributed by atoms with Gasteiger partial charge in [-0.3, -0.25) is 4.72 Å². The Bertz CT molecular complexity index is 989. The van der Waals surface area contributed by atoms with Crippen molar-refractivity contribution in [1.29, 1.82) is 0 Å². The van der Waals surface area contributed by atoms with Gasteiger partial charge in [0.2, 0.25) is 0 Å². The zero-order valence-electron chi connectivity index (χ0n) is 14.9. The number of hydrogen-bond acceptors (Lipinski definition) is 5. The summed E-state index contributed by atoms with van der Waals surface area (Å²) in [6.07, 6.45) is 2.43. The highest BCUT2D eigenvalue weighted by atomic mass is 32.2. The van der Waals surface area contributed by atoms with Crippen LogP contribution in [0.1, 0.15) is 22.9 Å². The summed E-state index contributed by atoms with van der Waals surface area (Å²) in [6.45, 7) is 6.09. The van der Waals surface area contributed by atoms with Gasteiger partial charge in [-0.25, -0.2) is 13.4 Å². The number of nitrogens with one attached hydrogen (secondary N) is 2. The first-order valence-electron chi connectivity index (χ1n) is 8.28. The lowest BCUT2D eigenvalue weighted by Crippen LogP contribution is -2.12. The first-order chi connectivity index (χ1) is 12.4. The number of benzene rings is 1. The summed E-state index contributed by atoms with van der Waals surface area (Å²) < 4.78 is 27.7. The van der Waals surface area contributed by atoms with Gasteiger partial charge >= 0.3 is 0 Å². The van der Waals surface area contributed by atoms with Crippen LogP contribution in [0.3, 0.4) is 0 Å². The molecule has 0 unspecified atom stereocenters. The molecule has 5 nitrogen and oxygen atoms in total. The number of anilines is 3. The van der Waals surface area contributed by atoms with Crippen LogP contribution in [0.5, 0.6) is 0 Å². The third kappa shape index (κ3) is 4.42.